The number of nitrogens with zero attached hydrogens (tertiary/aromatic N) is 1. The summed E-state index contributed by atoms with van der Waals surface area (Å²) in [6.45, 7) is 1.66. The number of benzene rings is 2. The Kier molecular flexibility index (Phi) is 5.96. The summed E-state index contributed by atoms with van der Waals surface area (Å²) >= 11 is 0. The molecule has 0 bridgehead atoms. The summed E-state index contributed by atoms with van der Waals surface area (Å²) in [5.74, 6) is -0.143. The third-order valence-electron chi connectivity index (χ3n) is 7.17. The fourth-order valence-corrected chi connectivity index (χ4v) is 5.40. The molecule has 0 saturated heterocycles. The van der Waals surface area contributed by atoms with Gasteiger partial charge in [0, 0.05) is 36.3 Å². The molecule has 10 heteroatoms. The molecule has 0 fully saturated rings. The highest BCUT2D eigenvalue weighted by Gasteiger charge is 2.28. The Balaban J connectivity index is 1.20. The van der Waals surface area contributed by atoms with Gasteiger partial charge in [-0.3, -0.25) is 9.59 Å². The fourth-order valence-electron chi connectivity index (χ4n) is 5.40. The van der Waals surface area contributed by atoms with Crippen molar-refractivity contribution in [2.24, 2.45) is 0 Å². The highest BCUT2D eigenvalue weighted by atomic mass is 16.7. The molecule has 0 aliphatic carbocycles. The third-order valence-corrected chi connectivity index (χ3v) is 7.17. The molecule has 3 N–H and O–H groups in total. The number of amides is 2. The Bertz CT molecular complexity index is 1460. The lowest BCUT2D eigenvalue weighted by Gasteiger charge is -2.37. The molecule has 0 spiro atoms. The number of nitrogens with one attached hydrogen (secondary N) is 2. The molecule has 192 valence electrons. The number of carbonyl (C=O) groups is 2. The third kappa shape index (κ3) is 4.27. The molecule has 2 amide bonds. The van der Waals surface area contributed by atoms with Gasteiger partial charge in [0.2, 0.25) is 12.7 Å². The number of hydrogen-bond acceptors (Lipinski definition) is 8. The van der Waals surface area contributed by atoms with Crippen molar-refractivity contribution in [1.82, 2.24) is 10.6 Å². The van der Waals surface area contributed by atoms with Crippen LogP contribution in [-0.2, 0) is 24.2 Å². The second kappa shape index (κ2) is 9.44. The van der Waals surface area contributed by atoms with Gasteiger partial charge in [-0.2, -0.15) is 0 Å². The molecule has 1 unspecified atom stereocenters. The minimum absolute atomic E-state index is 0.148. The smallest absolute Gasteiger partial charge is 0.349 e. The van der Waals surface area contributed by atoms with E-state index in [0.29, 0.717) is 22.5 Å². The number of carbonyl (C=O) groups excluding carboxylic acids is 2. The Morgan fingerprint density at radius 2 is 1.86 bits per heavy atom. The number of fused-ring (bicyclic) bond motifs is 3. The van der Waals surface area contributed by atoms with Crippen molar-refractivity contribution in [2.75, 3.05) is 31.4 Å². The summed E-state index contributed by atoms with van der Waals surface area (Å²) < 4.78 is 16.3. The molecule has 1 aromatic heterocycles. The van der Waals surface area contributed by atoms with E-state index in [1.807, 2.05) is 6.07 Å². The average Bonchev–Trinajstić information content (AvgIpc) is 3.38. The molecule has 10 nitrogen and oxygen atoms in total. The normalized spacial score (nSPS) is 16.3. The van der Waals surface area contributed by atoms with Crippen molar-refractivity contribution >= 4 is 28.5 Å². The molecule has 0 saturated carbocycles. The van der Waals surface area contributed by atoms with Crippen molar-refractivity contribution in [3.63, 3.8) is 0 Å². The fraction of sp³-hybridized carbons (Fsp3) is 0.370. The van der Waals surface area contributed by atoms with Gasteiger partial charge < -0.3 is 34.5 Å². The van der Waals surface area contributed by atoms with Crippen LogP contribution in [-0.4, -0.2) is 49.5 Å². The molecular formula is C27H27N3O7. The van der Waals surface area contributed by atoms with Crippen LogP contribution in [0.2, 0.25) is 0 Å². The number of hydrogen-bond donors (Lipinski definition) is 3. The first-order valence-electron chi connectivity index (χ1n) is 12.5. The Morgan fingerprint density at radius 1 is 1.05 bits per heavy atom. The second-order valence-corrected chi connectivity index (χ2v) is 9.54. The maximum Gasteiger partial charge on any atom is 0.349 e. The van der Waals surface area contributed by atoms with E-state index in [0.717, 1.165) is 49.9 Å². The van der Waals surface area contributed by atoms with Gasteiger partial charge >= 0.3 is 5.63 Å². The summed E-state index contributed by atoms with van der Waals surface area (Å²) in [7, 11) is 0. The average molecular weight is 506 g/mol. The Hall–Kier alpha value is -4.05. The molecule has 3 aliphatic rings. The summed E-state index contributed by atoms with van der Waals surface area (Å²) in [4.78, 5) is 40.8. The number of aliphatic hydroxyl groups is 1. The summed E-state index contributed by atoms with van der Waals surface area (Å²) in [5.41, 5.74) is 3.71. The first-order chi connectivity index (χ1) is 18.0. The zero-order valence-electron chi connectivity index (χ0n) is 20.2. The number of ether oxygens (including phenoxy) is 2. The van der Waals surface area contributed by atoms with E-state index in [9.17, 15) is 19.5 Å². The van der Waals surface area contributed by atoms with Crippen molar-refractivity contribution in [1.29, 1.82) is 0 Å². The van der Waals surface area contributed by atoms with Crippen molar-refractivity contribution in [3.8, 4) is 11.5 Å². The molecule has 0 radical (unpaired) electrons. The van der Waals surface area contributed by atoms with Crippen molar-refractivity contribution in [2.45, 2.75) is 38.3 Å². The van der Waals surface area contributed by atoms with Gasteiger partial charge in [-0.25, -0.2) is 4.79 Å². The van der Waals surface area contributed by atoms with E-state index < -0.39 is 30.1 Å². The van der Waals surface area contributed by atoms with Crippen LogP contribution in [0.4, 0.5) is 5.69 Å². The topological polar surface area (TPSA) is 130 Å². The lowest BCUT2D eigenvalue weighted by atomic mass is 9.90. The van der Waals surface area contributed by atoms with E-state index in [-0.39, 0.29) is 18.9 Å². The Morgan fingerprint density at radius 3 is 2.70 bits per heavy atom. The van der Waals surface area contributed by atoms with Gasteiger partial charge in [0.05, 0.1) is 6.61 Å². The first-order valence-corrected chi connectivity index (χ1v) is 12.5. The van der Waals surface area contributed by atoms with Crippen LogP contribution >= 0.6 is 0 Å². The highest BCUT2D eigenvalue weighted by Crippen LogP contribution is 2.39. The van der Waals surface area contributed by atoms with Gasteiger partial charge in [0.15, 0.2) is 11.5 Å². The second-order valence-electron chi connectivity index (χ2n) is 9.54. The van der Waals surface area contributed by atoms with Crippen LogP contribution in [0.15, 0.2) is 39.5 Å². The molecule has 37 heavy (non-hydrogen) atoms. The molecular weight excluding hydrogens is 478 g/mol. The van der Waals surface area contributed by atoms with Gasteiger partial charge in [0.25, 0.3) is 5.91 Å². The number of aliphatic hydroxyl groups excluding tert-OH is 1. The lowest BCUT2D eigenvalue weighted by Crippen LogP contribution is -2.49. The predicted molar refractivity (Wildman–Crippen MR) is 134 cm³/mol. The zero-order chi connectivity index (χ0) is 25.5. The predicted octanol–water partition coefficient (Wildman–Crippen LogP) is 1.63. The molecule has 1 atom stereocenters. The maximum atomic E-state index is 13.0. The SMILES string of the molecule is O=C(NC(CO)C(=O)NCc1ccc2c(c1)OCO2)c1cc2cc3c4c(c2oc1=O)CCCN4CCC3. The molecule has 4 heterocycles. The van der Waals surface area contributed by atoms with Crippen LogP contribution in [0.3, 0.4) is 0 Å². The van der Waals surface area contributed by atoms with Gasteiger partial charge in [-0.05, 0) is 61.1 Å². The number of aryl methyl sites for hydroxylation is 2. The quantitative estimate of drug-likeness (QED) is 0.431. The zero-order valence-corrected chi connectivity index (χ0v) is 20.2. The molecule has 3 aliphatic heterocycles. The van der Waals surface area contributed by atoms with Crippen LogP contribution in [0.25, 0.3) is 11.0 Å². The minimum atomic E-state index is -1.24. The summed E-state index contributed by atoms with van der Waals surface area (Å²) in [6.07, 6.45) is 3.80. The van der Waals surface area contributed by atoms with E-state index in [4.69, 9.17) is 13.9 Å². The van der Waals surface area contributed by atoms with E-state index >= 15 is 0 Å². The monoisotopic (exact) mass is 505 g/mol. The number of rotatable bonds is 6. The molecule has 2 aromatic carbocycles. The van der Waals surface area contributed by atoms with Crippen LogP contribution in [0.5, 0.6) is 11.5 Å². The van der Waals surface area contributed by atoms with E-state index in [1.165, 1.54) is 17.3 Å². The largest absolute Gasteiger partial charge is 0.454 e. The standard InChI is InChI=1S/C27H27N3O7/c31-13-20(26(33)28-12-15-5-6-21-22(9-15)36-14-35-21)29-25(32)19-11-17-10-16-3-1-7-30-8-2-4-18(23(16)30)24(17)37-27(19)34/h5-6,9-11,20,31H,1-4,7-8,12-14H2,(H,28,33)(H,29,32). The molecule has 6 rings (SSSR count). The van der Waals surface area contributed by atoms with Crippen LogP contribution in [0, 0.1) is 0 Å². The van der Waals surface area contributed by atoms with Crippen molar-refractivity contribution < 1.29 is 28.6 Å². The highest BCUT2D eigenvalue weighted by molar-refractivity contribution is 6.00. The summed E-state index contributed by atoms with van der Waals surface area (Å²) in [5, 5.41) is 15.6. The first kappa shape index (κ1) is 23.4. The van der Waals surface area contributed by atoms with Gasteiger partial charge in [-0.1, -0.05) is 6.07 Å². The van der Waals surface area contributed by atoms with Crippen LogP contribution in [0.1, 0.15) is 39.9 Å². The van der Waals surface area contributed by atoms with Gasteiger partial charge in [0.1, 0.15) is 17.2 Å². The van der Waals surface area contributed by atoms with Crippen molar-refractivity contribution in [3.05, 3.63) is 63.0 Å². The maximum absolute atomic E-state index is 13.0. The van der Waals surface area contributed by atoms with Crippen LogP contribution < -0.4 is 30.6 Å². The van der Waals surface area contributed by atoms with E-state index in [2.05, 4.69) is 15.5 Å². The van der Waals surface area contributed by atoms with E-state index in [1.54, 1.807) is 18.2 Å². The lowest BCUT2D eigenvalue weighted by molar-refractivity contribution is -0.124. The molecule has 3 aromatic rings. The minimum Gasteiger partial charge on any atom is -0.454 e. The summed E-state index contributed by atoms with van der Waals surface area (Å²) in [6, 6.07) is 7.56. The number of anilines is 1. The Labute approximate surface area is 212 Å². The van der Waals surface area contributed by atoms with Gasteiger partial charge in [-0.15, -0.1) is 0 Å².